The third-order valence-corrected chi connectivity index (χ3v) is 8.09. The number of rotatable bonds is 0. The minimum absolute atomic E-state index is 0.0829. The lowest BCUT2D eigenvalue weighted by molar-refractivity contribution is -0.289. The van der Waals surface area contributed by atoms with Gasteiger partial charge in [0.1, 0.15) is 0 Å². The van der Waals surface area contributed by atoms with Crippen molar-refractivity contribution in [3.8, 4) is 0 Å². The summed E-state index contributed by atoms with van der Waals surface area (Å²) in [4.78, 5) is 12.3. The van der Waals surface area contributed by atoms with E-state index in [2.05, 4.69) is 13.5 Å². The average Bonchev–Trinajstić information content (AvgIpc) is 2.67. The second kappa shape index (κ2) is 4.40. The van der Waals surface area contributed by atoms with Crippen molar-refractivity contribution in [1.29, 1.82) is 0 Å². The highest BCUT2D eigenvalue weighted by atomic mass is 16.6. The van der Waals surface area contributed by atoms with Crippen molar-refractivity contribution in [2.75, 3.05) is 0 Å². The van der Waals surface area contributed by atoms with Crippen molar-refractivity contribution in [1.82, 2.24) is 0 Å². The van der Waals surface area contributed by atoms with Crippen molar-refractivity contribution in [2.45, 2.75) is 65.3 Å². The van der Waals surface area contributed by atoms with Gasteiger partial charge in [0, 0.05) is 10.8 Å². The lowest BCUT2D eigenvalue weighted by Crippen LogP contribution is -2.66. The van der Waals surface area contributed by atoms with E-state index in [1.54, 1.807) is 0 Å². The molecule has 0 aromatic carbocycles. The molecule has 1 saturated heterocycles. The Morgan fingerprint density at radius 1 is 1.13 bits per heavy atom. The van der Waals surface area contributed by atoms with Gasteiger partial charge in [0.05, 0.1) is 11.5 Å². The first kappa shape index (κ1) is 15.6. The van der Waals surface area contributed by atoms with Crippen LogP contribution in [0.3, 0.4) is 0 Å². The van der Waals surface area contributed by atoms with Gasteiger partial charge < -0.3 is 14.9 Å². The fourth-order valence-electron chi connectivity index (χ4n) is 6.88. The minimum Gasteiger partial charge on any atom is -0.435 e. The summed E-state index contributed by atoms with van der Waals surface area (Å²) in [5.74, 6) is 0.368. The number of hydrogen-bond acceptors (Lipinski definition) is 4. The summed E-state index contributed by atoms with van der Waals surface area (Å²) in [7, 11) is 0. The van der Waals surface area contributed by atoms with Crippen LogP contribution in [0.5, 0.6) is 0 Å². The van der Waals surface area contributed by atoms with E-state index >= 15 is 0 Å². The molecule has 4 fully saturated rings. The quantitative estimate of drug-likeness (QED) is 0.532. The first-order valence-corrected chi connectivity index (χ1v) is 8.91. The fourth-order valence-corrected chi connectivity index (χ4v) is 6.88. The molecule has 3 saturated carbocycles. The molecular formula is C19H28O4. The Bertz CT molecular complexity index is 582. The van der Waals surface area contributed by atoms with Crippen LogP contribution in [-0.4, -0.2) is 28.6 Å². The zero-order chi connectivity index (χ0) is 16.8. The summed E-state index contributed by atoms with van der Waals surface area (Å²) in [5, 5.41) is 21.7. The molecule has 0 aromatic heterocycles. The molecule has 0 aromatic rings. The van der Waals surface area contributed by atoms with Crippen LogP contribution in [0.1, 0.15) is 52.9 Å². The third-order valence-electron chi connectivity index (χ3n) is 8.09. The Hall–Kier alpha value is -0.870. The number of carbonyl (C=O) groups is 1. The zero-order valence-electron chi connectivity index (χ0n) is 14.3. The molecule has 0 radical (unpaired) electrons. The van der Waals surface area contributed by atoms with E-state index in [1.165, 1.54) is 0 Å². The topological polar surface area (TPSA) is 66.8 Å². The maximum Gasteiger partial charge on any atom is 0.314 e. The molecule has 23 heavy (non-hydrogen) atoms. The number of carbonyl (C=O) groups excluding carboxylic acids is 1. The zero-order valence-corrected chi connectivity index (χ0v) is 14.3. The molecule has 7 atom stereocenters. The van der Waals surface area contributed by atoms with Gasteiger partial charge in [0.15, 0.2) is 0 Å². The van der Waals surface area contributed by atoms with Crippen LogP contribution in [0.25, 0.3) is 0 Å². The number of esters is 1. The first-order chi connectivity index (χ1) is 10.7. The summed E-state index contributed by atoms with van der Waals surface area (Å²) in [6, 6.07) is 0. The van der Waals surface area contributed by atoms with Crippen LogP contribution >= 0.6 is 0 Å². The van der Waals surface area contributed by atoms with E-state index in [0.29, 0.717) is 5.92 Å². The molecule has 1 heterocycles. The van der Waals surface area contributed by atoms with Crippen LogP contribution in [0.4, 0.5) is 0 Å². The number of cyclic esters (lactones) is 1. The summed E-state index contributed by atoms with van der Waals surface area (Å²) < 4.78 is 5.40. The maximum absolute atomic E-state index is 12.3. The Balaban J connectivity index is 1.82. The second-order valence-electron chi connectivity index (χ2n) is 9.18. The molecule has 128 valence electrons. The number of aliphatic hydroxyl groups is 2. The highest BCUT2D eigenvalue weighted by Crippen LogP contribution is 2.71. The highest BCUT2D eigenvalue weighted by Gasteiger charge is 2.70. The van der Waals surface area contributed by atoms with Gasteiger partial charge in [-0.2, -0.15) is 0 Å². The Kier molecular flexibility index (Phi) is 2.99. The summed E-state index contributed by atoms with van der Waals surface area (Å²) in [6.45, 7) is 10.1. The Morgan fingerprint density at radius 3 is 2.52 bits per heavy atom. The van der Waals surface area contributed by atoms with E-state index in [0.717, 1.165) is 37.7 Å². The standard InChI is InChI=1S/C19H28O4/c1-10-11-5-6-13-18(4)12(7-8-19(13,9-11)14(10)20)17(2,3)15(21)23-16(18)22/h11-14,16,20,22H,1,5-9H2,2-4H3/t11-,12?,13?,14+,16-,18-,19-/m1/s1. The largest absolute Gasteiger partial charge is 0.435 e. The van der Waals surface area contributed by atoms with E-state index in [1.807, 2.05) is 13.8 Å². The Labute approximate surface area is 137 Å². The maximum atomic E-state index is 12.3. The molecule has 4 nitrogen and oxygen atoms in total. The van der Waals surface area contributed by atoms with Crippen molar-refractivity contribution >= 4 is 5.97 Å². The molecule has 4 heteroatoms. The number of hydrogen-bond donors (Lipinski definition) is 2. The van der Waals surface area contributed by atoms with Crippen LogP contribution in [0.2, 0.25) is 0 Å². The van der Waals surface area contributed by atoms with Gasteiger partial charge in [-0.3, -0.25) is 4.79 Å². The summed E-state index contributed by atoms with van der Waals surface area (Å²) >= 11 is 0. The lowest BCUT2D eigenvalue weighted by atomic mass is 9.43. The van der Waals surface area contributed by atoms with E-state index < -0.39 is 23.2 Å². The molecule has 4 aliphatic rings. The number of ether oxygens (including phenoxy) is 1. The van der Waals surface area contributed by atoms with Gasteiger partial charge in [-0.05, 0) is 69.3 Å². The molecule has 2 N–H and O–H groups in total. The molecule has 2 bridgehead atoms. The molecule has 1 spiro atoms. The minimum atomic E-state index is -1.08. The molecule has 3 aliphatic carbocycles. The predicted octanol–water partition coefficient (Wildman–Crippen LogP) is 2.64. The molecule has 4 rings (SSSR count). The molecular weight excluding hydrogens is 292 g/mol. The Morgan fingerprint density at radius 2 is 1.83 bits per heavy atom. The normalized spacial score (nSPS) is 54.2. The summed E-state index contributed by atoms with van der Waals surface area (Å²) in [6.07, 6.45) is 3.17. The van der Waals surface area contributed by atoms with Crippen molar-refractivity contribution in [3.63, 3.8) is 0 Å². The van der Waals surface area contributed by atoms with Crippen LogP contribution in [-0.2, 0) is 9.53 Å². The van der Waals surface area contributed by atoms with Gasteiger partial charge in [-0.25, -0.2) is 0 Å². The van der Waals surface area contributed by atoms with Crippen molar-refractivity contribution in [2.24, 2.45) is 34.0 Å². The van der Waals surface area contributed by atoms with E-state index in [9.17, 15) is 15.0 Å². The van der Waals surface area contributed by atoms with E-state index in [4.69, 9.17) is 4.74 Å². The fraction of sp³-hybridized carbons (Fsp3) is 0.842. The molecule has 0 amide bonds. The van der Waals surface area contributed by atoms with E-state index in [-0.39, 0.29) is 23.2 Å². The van der Waals surface area contributed by atoms with Crippen LogP contribution in [0.15, 0.2) is 12.2 Å². The van der Waals surface area contributed by atoms with Gasteiger partial charge in [-0.15, -0.1) is 0 Å². The van der Waals surface area contributed by atoms with Crippen molar-refractivity contribution < 1.29 is 19.7 Å². The molecule has 2 unspecified atom stereocenters. The monoisotopic (exact) mass is 320 g/mol. The number of fused-ring (bicyclic) bond motifs is 3. The number of aliphatic hydroxyl groups excluding tert-OH is 2. The van der Waals surface area contributed by atoms with Crippen molar-refractivity contribution in [3.05, 3.63) is 12.2 Å². The SMILES string of the molecule is C=C1[C@@H]2CCC3[C@@](CCC4C(C)(C)C(=O)O[C@@H](O)[C@]43C)(C2)[C@H]1O. The van der Waals surface area contributed by atoms with Crippen LogP contribution in [0, 0.1) is 34.0 Å². The predicted molar refractivity (Wildman–Crippen MR) is 85.1 cm³/mol. The van der Waals surface area contributed by atoms with Crippen LogP contribution < -0.4 is 0 Å². The van der Waals surface area contributed by atoms with Gasteiger partial charge in [-0.1, -0.05) is 13.5 Å². The summed E-state index contributed by atoms with van der Waals surface area (Å²) in [5.41, 5.74) is -0.290. The average molecular weight is 320 g/mol. The lowest BCUT2D eigenvalue weighted by Gasteiger charge is -2.63. The second-order valence-corrected chi connectivity index (χ2v) is 9.18. The van der Waals surface area contributed by atoms with Gasteiger partial charge >= 0.3 is 5.97 Å². The first-order valence-electron chi connectivity index (χ1n) is 8.91. The van der Waals surface area contributed by atoms with Gasteiger partial charge in [0.25, 0.3) is 0 Å². The van der Waals surface area contributed by atoms with Gasteiger partial charge in [0.2, 0.25) is 6.29 Å². The highest BCUT2D eigenvalue weighted by molar-refractivity contribution is 5.77. The third kappa shape index (κ3) is 1.62. The smallest absolute Gasteiger partial charge is 0.314 e. The molecule has 1 aliphatic heterocycles.